The number of thiophene rings is 1. The Balaban J connectivity index is 1.62. The summed E-state index contributed by atoms with van der Waals surface area (Å²) in [6, 6.07) is 4.86. The standard InChI is InChI=1S/C18H15F3N4S/c19-13-4-15(21)14(20)3-11(13)12-6-25(7-16(12)22)18-5-17(23-9-24-18)10-1-2-26-8-10/h1-5,8-9,12,16H,6-7,22H2. The third-order valence-electron chi connectivity index (χ3n) is 4.60. The Morgan fingerprint density at radius 1 is 1.04 bits per heavy atom. The van der Waals surface area contributed by atoms with Gasteiger partial charge in [0.05, 0.1) is 5.69 Å². The molecule has 0 bridgehead atoms. The molecule has 26 heavy (non-hydrogen) atoms. The Morgan fingerprint density at radius 2 is 1.85 bits per heavy atom. The molecular formula is C18H15F3N4S. The van der Waals surface area contributed by atoms with Crippen LogP contribution in [0.15, 0.2) is 41.4 Å². The van der Waals surface area contributed by atoms with Crippen molar-refractivity contribution in [1.29, 1.82) is 0 Å². The molecule has 4 rings (SSSR count). The Kier molecular flexibility index (Phi) is 4.37. The molecule has 3 aromatic rings. The lowest BCUT2D eigenvalue weighted by atomic mass is 9.94. The van der Waals surface area contributed by atoms with Crippen LogP contribution in [0.3, 0.4) is 0 Å². The fraction of sp³-hybridized carbons (Fsp3) is 0.222. The number of aromatic nitrogens is 2. The molecule has 1 aliphatic rings. The van der Waals surface area contributed by atoms with E-state index in [0.717, 1.165) is 17.3 Å². The Bertz CT molecular complexity index is 932. The van der Waals surface area contributed by atoms with Gasteiger partial charge in [-0.2, -0.15) is 11.3 Å². The minimum absolute atomic E-state index is 0.0889. The molecule has 2 atom stereocenters. The molecule has 1 saturated heterocycles. The lowest BCUT2D eigenvalue weighted by Gasteiger charge is -2.18. The third-order valence-corrected chi connectivity index (χ3v) is 5.28. The van der Waals surface area contributed by atoms with Gasteiger partial charge in [-0.15, -0.1) is 0 Å². The zero-order valence-corrected chi connectivity index (χ0v) is 14.4. The molecule has 0 aliphatic carbocycles. The van der Waals surface area contributed by atoms with E-state index in [4.69, 9.17) is 5.73 Å². The van der Waals surface area contributed by atoms with E-state index in [2.05, 4.69) is 9.97 Å². The Labute approximate surface area is 152 Å². The fourth-order valence-electron chi connectivity index (χ4n) is 3.26. The number of hydrogen-bond acceptors (Lipinski definition) is 5. The molecule has 0 spiro atoms. The third kappa shape index (κ3) is 3.06. The van der Waals surface area contributed by atoms with Crippen molar-refractivity contribution in [3.8, 4) is 11.3 Å². The first-order valence-corrected chi connectivity index (χ1v) is 8.97. The van der Waals surface area contributed by atoms with Crippen LogP contribution >= 0.6 is 11.3 Å². The Hall–Kier alpha value is -2.45. The maximum Gasteiger partial charge on any atom is 0.161 e. The monoisotopic (exact) mass is 376 g/mol. The van der Waals surface area contributed by atoms with Crippen molar-refractivity contribution in [1.82, 2.24) is 9.97 Å². The zero-order valence-electron chi connectivity index (χ0n) is 13.6. The molecule has 0 saturated carbocycles. The van der Waals surface area contributed by atoms with Gasteiger partial charge < -0.3 is 10.6 Å². The van der Waals surface area contributed by atoms with Gasteiger partial charge in [0.1, 0.15) is 18.0 Å². The van der Waals surface area contributed by atoms with Gasteiger partial charge in [-0.25, -0.2) is 23.1 Å². The first kappa shape index (κ1) is 17.0. The van der Waals surface area contributed by atoms with Crippen LogP contribution in [0.2, 0.25) is 0 Å². The highest BCUT2D eigenvalue weighted by atomic mass is 32.1. The average molecular weight is 376 g/mol. The molecule has 4 nitrogen and oxygen atoms in total. The quantitative estimate of drug-likeness (QED) is 0.711. The summed E-state index contributed by atoms with van der Waals surface area (Å²) in [5, 5.41) is 3.95. The number of nitrogens with two attached hydrogens (primary N) is 1. The first-order chi connectivity index (χ1) is 12.5. The molecule has 2 aromatic heterocycles. The van der Waals surface area contributed by atoms with Crippen molar-refractivity contribution in [2.45, 2.75) is 12.0 Å². The molecule has 134 valence electrons. The second kappa shape index (κ2) is 6.69. The van der Waals surface area contributed by atoms with Gasteiger partial charge in [0.25, 0.3) is 0 Å². The number of hydrogen-bond donors (Lipinski definition) is 1. The zero-order chi connectivity index (χ0) is 18.3. The summed E-state index contributed by atoms with van der Waals surface area (Å²) in [7, 11) is 0. The minimum Gasteiger partial charge on any atom is -0.354 e. The maximum atomic E-state index is 14.1. The second-order valence-corrected chi connectivity index (χ2v) is 7.02. The number of anilines is 1. The van der Waals surface area contributed by atoms with Crippen molar-refractivity contribution >= 4 is 17.2 Å². The highest BCUT2D eigenvalue weighted by molar-refractivity contribution is 7.08. The molecule has 1 aliphatic heterocycles. The van der Waals surface area contributed by atoms with E-state index in [9.17, 15) is 13.2 Å². The summed E-state index contributed by atoms with van der Waals surface area (Å²) in [6.07, 6.45) is 1.47. The topological polar surface area (TPSA) is 55.0 Å². The number of nitrogens with zero attached hydrogens (tertiary/aromatic N) is 3. The van der Waals surface area contributed by atoms with Crippen molar-refractivity contribution in [3.05, 3.63) is 64.4 Å². The van der Waals surface area contributed by atoms with E-state index in [1.54, 1.807) is 11.3 Å². The van der Waals surface area contributed by atoms with Crippen LogP contribution in [-0.4, -0.2) is 29.1 Å². The van der Waals surface area contributed by atoms with Crippen LogP contribution in [0.1, 0.15) is 11.5 Å². The molecule has 3 heterocycles. The van der Waals surface area contributed by atoms with Gasteiger partial charge in [0.15, 0.2) is 11.6 Å². The summed E-state index contributed by atoms with van der Waals surface area (Å²) >= 11 is 1.57. The van der Waals surface area contributed by atoms with E-state index in [1.807, 2.05) is 27.8 Å². The molecule has 2 unspecified atom stereocenters. The largest absolute Gasteiger partial charge is 0.354 e. The summed E-state index contributed by atoms with van der Waals surface area (Å²) in [5.41, 5.74) is 8.03. The van der Waals surface area contributed by atoms with E-state index < -0.39 is 29.4 Å². The predicted molar refractivity (Wildman–Crippen MR) is 94.6 cm³/mol. The van der Waals surface area contributed by atoms with Crippen molar-refractivity contribution < 1.29 is 13.2 Å². The fourth-order valence-corrected chi connectivity index (χ4v) is 3.90. The summed E-state index contributed by atoms with van der Waals surface area (Å²) in [5.74, 6) is -2.85. The van der Waals surface area contributed by atoms with Crippen LogP contribution in [0.5, 0.6) is 0 Å². The SMILES string of the molecule is NC1CN(c2cc(-c3ccsc3)ncn2)CC1c1cc(F)c(F)cc1F. The van der Waals surface area contributed by atoms with Gasteiger partial charge in [0.2, 0.25) is 0 Å². The van der Waals surface area contributed by atoms with Crippen molar-refractivity contribution in [2.24, 2.45) is 5.73 Å². The minimum atomic E-state index is -1.20. The van der Waals surface area contributed by atoms with Gasteiger partial charge >= 0.3 is 0 Å². The number of halogens is 3. The molecule has 0 radical (unpaired) electrons. The van der Waals surface area contributed by atoms with E-state index in [-0.39, 0.29) is 5.56 Å². The van der Waals surface area contributed by atoms with Gasteiger partial charge in [0, 0.05) is 48.1 Å². The molecule has 1 fully saturated rings. The lowest BCUT2D eigenvalue weighted by Crippen LogP contribution is -2.29. The normalized spacial score (nSPS) is 19.9. The van der Waals surface area contributed by atoms with Gasteiger partial charge in [-0.3, -0.25) is 0 Å². The van der Waals surface area contributed by atoms with E-state index in [1.165, 1.54) is 6.33 Å². The second-order valence-electron chi connectivity index (χ2n) is 6.24. The molecule has 0 amide bonds. The van der Waals surface area contributed by atoms with Gasteiger partial charge in [-0.05, 0) is 23.1 Å². The first-order valence-electron chi connectivity index (χ1n) is 8.02. The number of rotatable bonds is 3. The summed E-state index contributed by atoms with van der Waals surface area (Å²) in [4.78, 5) is 10.5. The van der Waals surface area contributed by atoms with E-state index in [0.29, 0.717) is 25.0 Å². The molecule has 2 N–H and O–H groups in total. The van der Waals surface area contributed by atoms with Crippen molar-refractivity contribution in [3.63, 3.8) is 0 Å². The summed E-state index contributed by atoms with van der Waals surface area (Å²) < 4.78 is 40.9. The predicted octanol–water partition coefficient (Wildman–Crippen LogP) is 3.55. The average Bonchev–Trinajstić information content (AvgIpc) is 3.28. The molecule has 1 aromatic carbocycles. The van der Waals surface area contributed by atoms with Crippen molar-refractivity contribution in [2.75, 3.05) is 18.0 Å². The van der Waals surface area contributed by atoms with Crippen LogP contribution in [0, 0.1) is 17.5 Å². The smallest absolute Gasteiger partial charge is 0.161 e. The highest BCUT2D eigenvalue weighted by Gasteiger charge is 2.34. The summed E-state index contributed by atoms with van der Waals surface area (Å²) in [6.45, 7) is 0.798. The van der Waals surface area contributed by atoms with E-state index >= 15 is 0 Å². The molecule has 8 heteroatoms. The number of benzene rings is 1. The maximum absolute atomic E-state index is 14.1. The lowest BCUT2D eigenvalue weighted by molar-refractivity contribution is 0.482. The highest BCUT2D eigenvalue weighted by Crippen LogP contribution is 2.33. The molecular weight excluding hydrogens is 361 g/mol. The van der Waals surface area contributed by atoms with Crippen LogP contribution in [-0.2, 0) is 0 Å². The van der Waals surface area contributed by atoms with Crippen LogP contribution in [0.25, 0.3) is 11.3 Å². The Morgan fingerprint density at radius 3 is 2.62 bits per heavy atom. The van der Waals surface area contributed by atoms with Crippen LogP contribution < -0.4 is 10.6 Å². The van der Waals surface area contributed by atoms with Crippen LogP contribution in [0.4, 0.5) is 19.0 Å². The van der Waals surface area contributed by atoms with Gasteiger partial charge in [-0.1, -0.05) is 0 Å².